The van der Waals surface area contributed by atoms with Crippen molar-refractivity contribution >= 4 is 45.5 Å². The number of nitrogens with zero attached hydrogens (tertiary/aromatic N) is 1. The molecule has 2 rings (SSSR count). The van der Waals surface area contributed by atoms with Gasteiger partial charge in [-0.25, -0.2) is 0 Å². The first kappa shape index (κ1) is 9.80. The zero-order chi connectivity index (χ0) is 9.97. The van der Waals surface area contributed by atoms with Gasteiger partial charge < -0.3 is 0 Å². The lowest BCUT2D eigenvalue weighted by molar-refractivity contribution is 1.11. The molecule has 0 saturated heterocycles. The van der Waals surface area contributed by atoms with Gasteiger partial charge in [0.05, 0.1) is 11.2 Å². The Balaban J connectivity index is 2.53. The highest BCUT2D eigenvalue weighted by molar-refractivity contribution is 9.10. The van der Waals surface area contributed by atoms with E-state index in [-0.39, 0.29) is 0 Å². The highest BCUT2D eigenvalue weighted by Gasteiger charge is 2.01. The van der Waals surface area contributed by atoms with E-state index in [4.69, 9.17) is 0 Å². The molecular formula is C10H9BrN2S. The van der Waals surface area contributed by atoms with Gasteiger partial charge in [0, 0.05) is 15.6 Å². The number of benzene rings is 1. The van der Waals surface area contributed by atoms with Gasteiger partial charge in [-0.1, -0.05) is 22.0 Å². The van der Waals surface area contributed by atoms with Crippen LogP contribution in [0.25, 0.3) is 17.0 Å². The third-order valence-corrected chi connectivity index (χ3v) is 2.64. The predicted octanol–water partition coefficient (Wildman–Crippen LogP) is 3.27. The Morgan fingerprint density at radius 1 is 1.50 bits per heavy atom. The SMILES string of the molecule is SCC=Cc1n[nH]c2cc(Br)ccc12. The van der Waals surface area contributed by atoms with Crippen LogP contribution in [0.2, 0.25) is 0 Å². The van der Waals surface area contributed by atoms with Gasteiger partial charge in [0.2, 0.25) is 0 Å². The number of rotatable bonds is 2. The third-order valence-electron chi connectivity index (χ3n) is 1.94. The number of H-pyrrole nitrogens is 1. The Morgan fingerprint density at radius 2 is 2.36 bits per heavy atom. The molecule has 0 saturated carbocycles. The lowest BCUT2D eigenvalue weighted by Crippen LogP contribution is -1.72. The van der Waals surface area contributed by atoms with E-state index in [2.05, 4.69) is 38.8 Å². The first-order chi connectivity index (χ1) is 6.81. The van der Waals surface area contributed by atoms with E-state index in [1.54, 1.807) is 0 Å². The summed E-state index contributed by atoms with van der Waals surface area (Å²) in [6, 6.07) is 6.07. The van der Waals surface area contributed by atoms with Crippen LogP contribution in [0.1, 0.15) is 5.69 Å². The molecular weight excluding hydrogens is 260 g/mol. The van der Waals surface area contributed by atoms with Gasteiger partial charge in [-0.05, 0) is 24.3 Å². The smallest absolute Gasteiger partial charge is 0.0924 e. The summed E-state index contributed by atoms with van der Waals surface area (Å²) < 4.78 is 1.05. The molecule has 2 nitrogen and oxygen atoms in total. The van der Waals surface area contributed by atoms with Crippen molar-refractivity contribution in [2.75, 3.05) is 5.75 Å². The summed E-state index contributed by atoms with van der Waals surface area (Å²) in [5.41, 5.74) is 2.00. The van der Waals surface area contributed by atoms with Crippen molar-refractivity contribution in [3.63, 3.8) is 0 Å². The number of thiol groups is 1. The summed E-state index contributed by atoms with van der Waals surface area (Å²) in [5, 5.41) is 8.32. The molecule has 0 unspecified atom stereocenters. The highest BCUT2D eigenvalue weighted by Crippen LogP contribution is 2.21. The van der Waals surface area contributed by atoms with E-state index < -0.39 is 0 Å². The molecule has 0 bridgehead atoms. The van der Waals surface area contributed by atoms with E-state index in [1.807, 2.05) is 30.4 Å². The van der Waals surface area contributed by atoms with Crippen molar-refractivity contribution in [3.8, 4) is 0 Å². The summed E-state index contributed by atoms with van der Waals surface area (Å²) in [5.74, 6) is 0.727. The second-order valence-corrected chi connectivity index (χ2v) is 4.16. The predicted molar refractivity (Wildman–Crippen MR) is 66.7 cm³/mol. The van der Waals surface area contributed by atoms with Crippen molar-refractivity contribution in [2.24, 2.45) is 0 Å². The molecule has 72 valence electrons. The van der Waals surface area contributed by atoms with E-state index in [9.17, 15) is 0 Å². The molecule has 2 aromatic rings. The van der Waals surface area contributed by atoms with Crippen LogP contribution >= 0.6 is 28.6 Å². The fourth-order valence-electron chi connectivity index (χ4n) is 1.30. The molecule has 4 heteroatoms. The van der Waals surface area contributed by atoms with Crippen LogP contribution in [0.15, 0.2) is 28.7 Å². The molecule has 0 atom stereocenters. The van der Waals surface area contributed by atoms with Gasteiger partial charge in [-0.3, -0.25) is 5.10 Å². The molecule has 0 aliphatic heterocycles. The van der Waals surface area contributed by atoms with Crippen LogP contribution in [-0.4, -0.2) is 16.0 Å². The van der Waals surface area contributed by atoms with Crippen LogP contribution in [0.3, 0.4) is 0 Å². The van der Waals surface area contributed by atoms with Crippen molar-refractivity contribution in [3.05, 3.63) is 34.4 Å². The first-order valence-electron chi connectivity index (χ1n) is 4.22. The number of fused-ring (bicyclic) bond motifs is 1. The number of aromatic amines is 1. The Kier molecular flexibility index (Phi) is 2.93. The molecule has 1 heterocycles. The molecule has 0 spiro atoms. The lowest BCUT2D eigenvalue weighted by atomic mass is 10.2. The number of hydrogen-bond donors (Lipinski definition) is 2. The van der Waals surface area contributed by atoms with E-state index in [1.165, 1.54) is 0 Å². The quantitative estimate of drug-likeness (QED) is 0.805. The normalized spacial score (nSPS) is 11.6. The largest absolute Gasteiger partial charge is 0.277 e. The van der Waals surface area contributed by atoms with Crippen LogP contribution in [0.5, 0.6) is 0 Å². The Bertz CT molecular complexity index is 476. The average Bonchev–Trinajstić information content (AvgIpc) is 2.57. The summed E-state index contributed by atoms with van der Waals surface area (Å²) in [6.07, 6.45) is 3.94. The van der Waals surface area contributed by atoms with Crippen molar-refractivity contribution in [2.45, 2.75) is 0 Å². The fraction of sp³-hybridized carbons (Fsp3) is 0.100. The lowest BCUT2D eigenvalue weighted by Gasteiger charge is -1.90. The molecule has 0 aliphatic rings. The van der Waals surface area contributed by atoms with Crippen molar-refractivity contribution in [1.82, 2.24) is 10.2 Å². The fourth-order valence-corrected chi connectivity index (χ4v) is 1.77. The first-order valence-corrected chi connectivity index (χ1v) is 5.65. The second-order valence-electron chi connectivity index (χ2n) is 2.88. The van der Waals surface area contributed by atoms with E-state index in [0.717, 1.165) is 26.8 Å². The minimum Gasteiger partial charge on any atom is -0.277 e. The number of hydrogen-bond acceptors (Lipinski definition) is 2. The minimum atomic E-state index is 0.727. The van der Waals surface area contributed by atoms with Gasteiger partial charge in [-0.2, -0.15) is 17.7 Å². The van der Waals surface area contributed by atoms with Gasteiger partial charge in [0.1, 0.15) is 0 Å². The molecule has 1 aromatic heterocycles. The number of halogens is 1. The van der Waals surface area contributed by atoms with E-state index >= 15 is 0 Å². The third kappa shape index (κ3) is 1.86. The zero-order valence-electron chi connectivity index (χ0n) is 7.37. The molecule has 1 N–H and O–H groups in total. The molecule has 0 aliphatic carbocycles. The van der Waals surface area contributed by atoms with Crippen molar-refractivity contribution < 1.29 is 0 Å². The Morgan fingerprint density at radius 3 is 3.14 bits per heavy atom. The maximum Gasteiger partial charge on any atom is 0.0924 e. The van der Waals surface area contributed by atoms with Gasteiger partial charge in [-0.15, -0.1) is 0 Å². The average molecular weight is 269 g/mol. The topological polar surface area (TPSA) is 28.7 Å². The molecule has 14 heavy (non-hydrogen) atoms. The number of nitrogens with one attached hydrogen (secondary N) is 1. The second kappa shape index (κ2) is 4.19. The summed E-state index contributed by atoms with van der Waals surface area (Å²) >= 11 is 7.53. The Hall–Kier alpha value is -0.740. The van der Waals surface area contributed by atoms with E-state index in [0.29, 0.717) is 0 Å². The van der Waals surface area contributed by atoms with Gasteiger partial charge in [0.25, 0.3) is 0 Å². The van der Waals surface area contributed by atoms with Gasteiger partial charge in [0.15, 0.2) is 0 Å². The standard InChI is InChI=1S/C10H9BrN2S/c11-7-3-4-8-9(2-1-5-14)12-13-10(8)6-7/h1-4,6,14H,5H2,(H,12,13). The molecule has 0 amide bonds. The zero-order valence-corrected chi connectivity index (χ0v) is 9.85. The molecule has 1 aromatic carbocycles. The molecule has 0 radical (unpaired) electrons. The van der Waals surface area contributed by atoms with Crippen LogP contribution in [0, 0.1) is 0 Å². The summed E-state index contributed by atoms with van der Waals surface area (Å²) in [7, 11) is 0. The minimum absolute atomic E-state index is 0.727. The van der Waals surface area contributed by atoms with Gasteiger partial charge >= 0.3 is 0 Å². The van der Waals surface area contributed by atoms with Crippen LogP contribution < -0.4 is 0 Å². The Labute approximate surface area is 95.9 Å². The molecule has 0 fully saturated rings. The van der Waals surface area contributed by atoms with Crippen molar-refractivity contribution in [1.29, 1.82) is 0 Å². The highest BCUT2D eigenvalue weighted by atomic mass is 79.9. The van der Waals surface area contributed by atoms with Crippen LogP contribution in [-0.2, 0) is 0 Å². The number of aromatic nitrogens is 2. The maximum atomic E-state index is 4.21. The maximum absolute atomic E-state index is 4.21. The monoisotopic (exact) mass is 268 g/mol. The summed E-state index contributed by atoms with van der Waals surface area (Å²) in [6.45, 7) is 0. The van der Waals surface area contributed by atoms with Crippen LogP contribution in [0.4, 0.5) is 0 Å². The summed E-state index contributed by atoms with van der Waals surface area (Å²) in [4.78, 5) is 0.